The highest BCUT2D eigenvalue weighted by molar-refractivity contribution is 5.94. The maximum absolute atomic E-state index is 13.5. The second-order valence-electron chi connectivity index (χ2n) is 4.41. The second kappa shape index (κ2) is 5.52. The Labute approximate surface area is 111 Å². The van der Waals surface area contributed by atoms with Gasteiger partial charge < -0.3 is 11.1 Å². The van der Waals surface area contributed by atoms with E-state index < -0.39 is 11.7 Å². The molecule has 4 heteroatoms. The SMILES string of the molecule is Cc1cccc(CNC(=O)c2ccc(N)cc2F)c1. The maximum atomic E-state index is 13.5. The van der Waals surface area contributed by atoms with Gasteiger partial charge in [0.15, 0.2) is 0 Å². The molecule has 2 aromatic carbocycles. The van der Waals surface area contributed by atoms with Gasteiger partial charge in [-0.3, -0.25) is 4.79 Å². The summed E-state index contributed by atoms with van der Waals surface area (Å²) in [6.45, 7) is 2.34. The van der Waals surface area contributed by atoms with E-state index in [0.717, 1.165) is 17.2 Å². The topological polar surface area (TPSA) is 55.1 Å². The Balaban J connectivity index is 2.05. The van der Waals surface area contributed by atoms with E-state index in [9.17, 15) is 9.18 Å². The molecule has 19 heavy (non-hydrogen) atoms. The van der Waals surface area contributed by atoms with Gasteiger partial charge in [0.2, 0.25) is 0 Å². The first-order valence-corrected chi connectivity index (χ1v) is 5.95. The van der Waals surface area contributed by atoms with E-state index >= 15 is 0 Å². The summed E-state index contributed by atoms with van der Waals surface area (Å²) < 4.78 is 13.5. The van der Waals surface area contributed by atoms with Crippen LogP contribution in [0, 0.1) is 12.7 Å². The van der Waals surface area contributed by atoms with Gasteiger partial charge in [-0.2, -0.15) is 0 Å². The molecule has 0 fully saturated rings. The van der Waals surface area contributed by atoms with Crippen LogP contribution in [0.25, 0.3) is 0 Å². The van der Waals surface area contributed by atoms with Crippen LogP contribution in [0.5, 0.6) is 0 Å². The number of nitrogens with one attached hydrogen (secondary N) is 1. The van der Waals surface area contributed by atoms with Crippen molar-refractivity contribution in [3.8, 4) is 0 Å². The number of nitrogen functional groups attached to an aromatic ring is 1. The molecule has 98 valence electrons. The Kier molecular flexibility index (Phi) is 3.80. The number of halogens is 1. The third kappa shape index (κ3) is 3.31. The first-order chi connectivity index (χ1) is 9.06. The number of aryl methyl sites for hydroxylation is 1. The molecule has 0 aromatic heterocycles. The van der Waals surface area contributed by atoms with Crippen molar-refractivity contribution < 1.29 is 9.18 Å². The Morgan fingerprint density at radius 3 is 2.74 bits per heavy atom. The smallest absolute Gasteiger partial charge is 0.254 e. The number of amides is 1. The molecule has 0 aliphatic heterocycles. The van der Waals surface area contributed by atoms with Gasteiger partial charge in [0.05, 0.1) is 5.56 Å². The van der Waals surface area contributed by atoms with E-state index in [1.165, 1.54) is 12.1 Å². The minimum atomic E-state index is -0.609. The quantitative estimate of drug-likeness (QED) is 0.831. The summed E-state index contributed by atoms with van der Waals surface area (Å²) in [4.78, 5) is 11.8. The summed E-state index contributed by atoms with van der Waals surface area (Å²) in [6.07, 6.45) is 0. The summed E-state index contributed by atoms with van der Waals surface area (Å²) in [5.74, 6) is -1.05. The fraction of sp³-hybridized carbons (Fsp3) is 0.133. The first kappa shape index (κ1) is 13.1. The molecule has 1 amide bonds. The zero-order valence-electron chi connectivity index (χ0n) is 10.6. The average molecular weight is 258 g/mol. The zero-order chi connectivity index (χ0) is 13.8. The summed E-state index contributed by atoms with van der Waals surface area (Å²) in [7, 11) is 0. The highest BCUT2D eigenvalue weighted by Gasteiger charge is 2.11. The number of rotatable bonds is 3. The van der Waals surface area contributed by atoms with Crippen LogP contribution in [-0.2, 0) is 6.54 Å². The standard InChI is InChI=1S/C15H15FN2O/c1-10-3-2-4-11(7-10)9-18-15(19)13-6-5-12(17)8-14(13)16/h2-8H,9,17H2,1H3,(H,18,19). The number of carbonyl (C=O) groups excluding carboxylic acids is 1. The molecule has 0 radical (unpaired) electrons. The van der Waals surface area contributed by atoms with Crippen LogP contribution in [0.2, 0.25) is 0 Å². The van der Waals surface area contributed by atoms with E-state index in [1.54, 1.807) is 0 Å². The number of benzene rings is 2. The Bertz CT molecular complexity index is 611. The van der Waals surface area contributed by atoms with Crippen LogP contribution in [0.15, 0.2) is 42.5 Å². The second-order valence-corrected chi connectivity index (χ2v) is 4.41. The first-order valence-electron chi connectivity index (χ1n) is 5.95. The summed E-state index contributed by atoms with van der Waals surface area (Å²) in [5, 5.41) is 2.68. The molecule has 3 nitrogen and oxygen atoms in total. The molecular weight excluding hydrogens is 243 g/mol. The van der Waals surface area contributed by atoms with Crippen molar-refractivity contribution in [1.29, 1.82) is 0 Å². The number of hydrogen-bond donors (Lipinski definition) is 2. The van der Waals surface area contributed by atoms with Crippen molar-refractivity contribution in [3.05, 3.63) is 65.0 Å². The minimum Gasteiger partial charge on any atom is -0.399 e. The Hall–Kier alpha value is -2.36. The summed E-state index contributed by atoms with van der Waals surface area (Å²) in [5.41, 5.74) is 7.83. The van der Waals surface area contributed by atoms with Crippen LogP contribution < -0.4 is 11.1 Å². The van der Waals surface area contributed by atoms with Crippen molar-refractivity contribution >= 4 is 11.6 Å². The van der Waals surface area contributed by atoms with E-state index in [-0.39, 0.29) is 5.56 Å². The third-order valence-corrected chi connectivity index (χ3v) is 2.77. The molecule has 2 rings (SSSR count). The maximum Gasteiger partial charge on any atom is 0.254 e. The van der Waals surface area contributed by atoms with Gasteiger partial charge >= 0.3 is 0 Å². The number of anilines is 1. The van der Waals surface area contributed by atoms with Crippen molar-refractivity contribution in [2.24, 2.45) is 0 Å². The van der Waals surface area contributed by atoms with Crippen LogP contribution in [0.4, 0.5) is 10.1 Å². The molecule has 0 unspecified atom stereocenters. The lowest BCUT2D eigenvalue weighted by atomic mass is 10.1. The van der Waals surface area contributed by atoms with Gasteiger partial charge in [-0.25, -0.2) is 4.39 Å². The molecule has 0 saturated carbocycles. The van der Waals surface area contributed by atoms with Crippen molar-refractivity contribution in [2.45, 2.75) is 13.5 Å². The number of nitrogens with two attached hydrogens (primary N) is 1. The molecular formula is C15H15FN2O. The predicted molar refractivity (Wildman–Crippen MR) is 73.2 cm³/mol. The molecule has 0 heterocycles. The molecule has 2 aromatic rings. The zero-order valence-corrected chi connectivity index (χ0v) is 10.6. The lowest BCUT2D eigenvalue weighted by molar-refractivity contribution is 0.0947. The van der Waals surface area contributed by atoms with E-state index in [4.69, 9.17) is 5.73 Å². The van der Waals surface area contributed by atoms with Crippen molar-refractivity contribution in [1.82, 2.24) is 5.32 Å². The molecule has 3 N–H and O–H groups in total. The average Bonchev–Trinajstić information content (AvgIpc) is 2.36. The third-order valence-electron chi connectivity index (χ3n) is 2.77. The van der Waals surface area contributed by atoms with E-state index in [1.807, 2.05) is 31.2 Å². The van der Waals surface area contributed by atoms with E-state index in [2.05, 4.69) is 5.32 Å². The molecule has 0 bridgehead atoms. The molecule has 0 atom stereocenters. The van der Waals surface area contributed by atoms with Gasteiger partial charge in [-0.1, -0.05) is 29.8 Å². The van der Waals surface area contributed by atoms with Crippen LogP contribution >= 0.6 is 0 Å². The van der Waals surface area contributed by atoms with Gasteiger partial charge in [0.1, 0.15) is 5.82 Å². The number of carbonyl (C=O) groups is 1. The Morgan fingerprint density at radius 1 is 1.26 bits per heavy atom. The highest BCUT2D eigenvalue weighted by atomic mass is 19.1. The number of hydrogen-bond acceptors (Lipinski definition) is 2. The van der Waals surface area contributed by atoms with E-state index in [0.29, 0.717) is 12.2 Å². The Morgan fingerprint density at radius 2 is 2.05 bits per heavy atom. The summed E-state index contributed by atoms with van der Waals surface area (Å²) in [6, 6.07) is 11.8. The predicted octanol–water partition coefficient (Wildman–Crippen LogP) is 2.65. The molecule has 0 spiro atoms. The molecule has 0 aliphatic carbocycles. The van der Waals surface area contributed by atoms with Crippen LogP contribution in [0.3, 0.4) is 0 Å². The summed E-state index contributed by atoms with van der Waals surface area (Å²) >= 11 is 0. The van der Waals surface area contributed by atoms with Crippen molar-refractivity contribution in [2.75, 3.05) is 5.73 Å². The monoisotopic (exact) mass is 258 g/mol. The van der Waals surface area contributed by atoms with Crippen molar-refractivity contribution in [3.63, 3.8) is 0 Å². The van der Waals surface area contributed by atoms with Crippen LogP contribution in [0.1, 0.15) is 21.5 Å². The van der Waals surface area contributed by atoms with Gasteiger partial charge in [0, 0.05) is 12.2 Å². The molecule has 0 aliphatic rings. The molecule has 0 saturated heterocycles. The minimum absolute atomic E-state index is 0.00172. The largest absolute Gasteiger partial charge is 0.399 e. The van der Waals surface area contributed by atoms with Crippen LogP contribution in [-0.4, -0.2) is 5.91 Å². The lowest BCUT2D eigenvalue weighted by Crippen LogP contribution is -2.23. The van der Waals surface area contributed by atoms with Gasteiger partial charge in [-0.05, 0) is 30.7 Å². The normalized spacial score (nSPS) is 10.2. The van der Waals surface area contributed by atoms with Gasteiger partial charge in [-0.15, -0.1) is 0 Å². The van der Waals surface area contributed by atoms with Gasteiger partial charge in [0.25, 0.3) is 5.91 Å². The lowest BCUT2D eigenvalue weighted by Gasteiger charge is -2.07. The fourth-order valence-corrected chi connectivity index (χ4v) is 1.82. The highest BCUT2D eigenvalue weighted by Crippen LogP contribution is 2.12. The fourth-order valence-electron chi connectivity index (χ4n) is 1.82.